The number of likely N-dealkylation sites (tertiary alicyclic amines) is 1. The van der Waals surface area contributed by atoms with Gasteiger partial charge in [0.1, 0.15) is 5.82 Å². The minimum atomic E-state index is -0.0811. The molecule has 1 saturated heterocycles. The number of benzene rings is 1. The van der Waals surface area contributed by atoms with Gasteiger partial charge < -0.3 is 0 Å². The van der Waals surface area contributed by atoms with Crippen LogP contribution in [0.5, 0.6) is 0 Å². The van der Waals surface area contributed by atoms with Crippen molar-refractivity contribution in [3.8, 4) is 0 Å². The van der Waals surface area contributed by atoms with Gasteiger partial charge in [0.05, 0.1) is 0 Å². The van der Waals surface area contributed by atoms with E-state index in [2.05, 4.69) is 24.8 Å². The Morgan fingerprint density at radius 3 is 2.65 bits per heavy atom. The van der Waals surface area contributed by atoms with E-state index in [-0.39, 0.29) is 5.82 Å². The van der Waals surface area contributed by atoms with Crippen LogP contribution in [0, 0.1) is 11.7 Å². The zero-order chi connectivity index (χ0) is 12.0. The molecule has 0 aromatic heterocycles. The summed E-state index contributed by atoms with van der Waals surface area (Å²) < 4.78 is 13.8. The molecule has 3 rings (SSSR count). The Bertz CT molecular complexity index is 464. The molecule has 1 aliphatic carbocycles. The molecule has 1 aliphatic heterocycles. The molecule has 0 amide bonds. The third-order valence-electron chi connectivity index (χ3n) is 4.04. The van der Waals surface area contributed by atoms with Crippen LogP contribution in [0.4, 0.5) is 4.39 Å². The minimum Gasteiger partial charge on any atom is -0.294 e. The normalized spacial score (nSPS) is 27.9. The molecule has 0 spiro atoms. The van der Waals surface area contributed by atoms with E-state index in [1.165, 1.54) is 12.0 Å². The molecule has 1 heterocycles. The molecular formula is C15H18FN. The molecule has 1 fully saturated rings. The number of fused-ring (bicyclic) bond motifs is 2. The summed E-state index contributed by atoms with van der Waals surface area (Å²) in [6.07, 6.45) is 3.44. The highest BCUT2D eigenvalue weighted by atomic mass is 19.1. The third kappa shape index (κ3) is 1.71. The van der Waals surface area contributed by atoms with Crippen molar-refractivity contribution >= 4 is 5.57 Å². The van der Waals surface area contributed by atoms with Gasteiger partial charge in [0.15, 0.2) is 0 Å². The smallest absolute Gasteiger partial charge is 0.130 e. The highest BCUT2D eigenvalue weighted by Crippen LogP contribution is 2.43. The standard InChI is InChI=1S/C15H18FN/c1-10(2)17-9-11-7-12(17)8-14(11)13-5-3-4-6-15(13)16/h3-6,8,10-12H,7,9H2,1-2H3/t11-,12-/m1/s1. The van der Waals surface area contributed by atoms with Crippen molar-refractivity contribution in [2.24, 2.45) is 5.92 Å². The summed E-state index contributed by atoms with van der Waals surface area (Å²) in [4.78, 5) is 2.51. The molecule has 0 radical (unpaired) electrons. The monoisotopic (exact) mass is 231 g/mol. The molecule has 2 heteroatoms. The van der Waals surface area contributed by atoms with Crippen molar-refractivity contribution in [1.82, 2.24) is 4.90 Å². The Balaban J connectivity index is 1.92. The van der Waals surface area contributed by atoms with Gasteiger partial charge in [0.25, 0.3) is 0 Å². The largest absolute Gasteiger partial charge is 0.294 e. The second-order valence-corrected chi connectivity index (χ2v) is 5.39. The minimum absolute atomic E-state index is 0.0811. The molecule has 1 nitrogen and oxygen atoms in total. The maximum atomic E-state index is 13.8. The van der Waals surface area contributed by atoms with Gasteiger partial charge in [-0.05, 0) is 37.8 Å². The first-order valence-corrected chi connectivity index (χ1v) is 6.39. The number of rotatable bonds is 2. The van der Waals surface area contributed by atoms with Gasteiger partial charge in [0, 0.05) is 24.2 Å². The average molecular weight is 231 g/mol. The van der Waals surface area contributed by atoms with Crippen LogP contribution in [-0.4, -0.2) is 23.5 Å². The average Bonchev–Trinajstić information content (AvgIpc) is 2.88. The van der Waals surface area contributed by atoms with Crippen LogP contribution in [0.1, 0.15) is 25.8 Å². The molecule has 90 valence electrons. The maximum absolute atomic E-state index is 13.8. The van der Waals surface area contributed by atoms with Gasteiger partial charge in [-0.1, -0.05) is 24.3 Å². The molecule has 0 N–H and O–H groups in total. The first-order chi connectivity index (χ1) is 8.16. The van der Waals surface area contributed by atoms with E-state index in [4.69, 9.17) is 0 Å². The zero-order valence-corrected chi connectivity index (χ0v) is 10.4. The second-order valence-electron chi connectivity index (χ2n) is 5.39. The van der Waals surface area contributed by atoms with Crippen molar-refractivity contribution in [2.45, 2.75) is 32.4 Å². The lowest BCUT2D eigenvalue weighted by atomic mass is 9.95. The Morgan fingerprint density at radius 2 is 2.06 bits per heavy atom. The van der Waals surface area contributed by atoms with E-state index in [9.17, 15) is 4.39 Å². The first-order valence-electron chi connectivity index (χ1n) is 6.39. The topological polar surface area (TPSA) is 3.24 Å². The summed E-state index contributed by atoms with van der Waals surface area (Å²) in [6, 6.07) is 8.25. The van der Waals surface area contributed by atoms with E-state index in [0.29, 0.717) is 18.0 Å². The number of nitrogens with zero attached hydrogens (tertiary/aromatic N) is 1. The van der Waals surface area contributed by atoms with Crippen molar-refractivity contribution in [2.75, 3.05) is 6.54 Å². The van der Waals surface area contributed by atoms with Crippen LogP contribution in [0.3, 0.4) is 0 Å². The van der Waals surface area contributed by atoms with Gasteiger partial charge in [-0.25, -0.2) is 4.39 Å². The third-order valence-corrected chi connectivity index (χ3v) is 4.04. The zero-order valence-electron chi connectivity index (χ0n) is 10.4. The fourth-order valence-corrected chi connectivity index (χ4v) is 3.22. The van der Waals surface area contributed by atoms with Crippen LogP contribution in [0.25, 0.3) is 5.57 Å². The Kier molecular flexibility index (Phi) is 2.55. The van der Waals surface area contributed by atoms with Crippen molar-refractivity contribution in [3.63, 3.8) is 0 Å². The summed E-state index contributed by atoms with van der Waals surface area (Å²) in [5.41, 5.74) is 2.04. The molecule has 2 aliphatic rings. The predicted molar refractivity (Wildman–Crippen MR) is 68.1 cm³/mol. The van der Waals surface area contributed by atoms with Crippen molar-refractivity contribution in [1.29, 1.82) is 0 Å². The van der Waals surface area contributed by atoms with E-state index in [0.717, 1.165) is 12.1 Å². The highest BCUT2D eigenvalue weighted by molar-refractivity contribution is 5.72. The van der Waals surface area contributed by atoms with E-state index in [1.54, 1.807) is 12.1 Å². The molecule has 17 heavy (non-hydrogen) atoms. The van der Waals surface area contributed by atoms with Crippen molar-refractivity contribution < 1.29 is 4.39 Å². The van der Waals surface area contributed by atoms with Gasteiger partial charge >= 0.3 is 0 Å². The number of hydrogen-bond acceptors (Lipinski definition) is 1. The highest BCUT2D eigenvalue weighted by Gasteiger charge is 2.40. The molecule has 1 aromatic carbocycles. The SMILES string of the molecule is CC(C)N1C[C@H]2C[C@@H]1C=C2c1ccccc1F. The Morgan fingerprint density at radius 1 is 1.29 bits per heavy atom. The fraction of sp³-hybridized carbons (Fsp3) is 0.467. The lowest BCUT2D eigenvalue weighted by molar-refractivity contribution is 0.227. The van der Waals surface area contributed by atoms with E-state index in [1.807, 2.05) is 12.1 Å². The van der Waals surface area contributed by atoms with Crippen LogP contribution in [0.15, 0.2) is 30.3 Å². The van der Waals surface area contributed by atoms with Gasteiger partial charge in [0.2, 0.25) is 0 Å². The second kappa shape index (κ2) is 3.95. The van der Waals surface area contributed by atoms with Crippen LogP contribution in [0.2, 0.25) is 0 Å². The molecule has 2 bridgehead atoms. The lowest BCUT2D eigenvalue weighted by Crippen LogP contribution is -2.36. The maximum Gasteiger partial charge on any atom is 0.130 e. The van der Waals surface area contributed by atoms with Crippen LogP contribution in [-0.2, 0) is 0 Å². The molecule has 0 unspecified atom stereocenters. The summed E-state index contributed by atoms with van der Waals surface area (Å²) in [5, 5.41) is 0. The van der Waals surface area contributed by atoms with E-state index >= 15 is 0 Å². The molecular weight excluding hydrogens is 213 g/mol. The molecule has 2 atom stereocenters. The Labute approximate surface area is 102 Å². The quantitative estimate of drug-likeness (QED) is 0.754. The van der Waals surface area contributed by atoms with Crippen molar-refractivity contribution in [3.05, 3.63) is 41.7 Å². The first kappa shape index (κ1) is 11.0. The number of hydrogen-bond donors (Lipinski definition) is 0. The Hall–Kier alpha value is -1.15. The summed E-state index contributed by atoms with van der Waals surface area (Å²) in [7, 11) is 0. The molecule has 0 saturated carbocycles. The van der Waals surface area contributed by atoms with Gasteiger partial charge in [-0.2, -0.15) is 0 Å². The summed E-state index contributed by atoms with van der Waals surface area (Å²) >= 11 is 0. The number of halogens is 1. The van der Waals surface area contributed by atoms with Crippen LogP contribution < -0.4 is 0 Å². The predicted octanol–water partition coefficient (Wildman–Crippen LogP) is 3.32. The lowest BCUT2D eigenvalue weighted by Gasteiger charge is -2.29. The van der Waals surface area contributed by atoms with Gasteiger partial charge in [-0.15, -0.1) is 0 Å². The van der Waals surface area contributed by atoms with Crippen LogP contribution >= 0.6 is 0 Å². The fourth-order valence-electron chi connectivity index (χ4n) is 3.22. The summed E-state index contributed by atoms with van der Waals surface area (Å²) in [5.74, 6) is 0.446. The van der Waals surface area contributed by atoms with E-state index < -0.39 is 0 Å². The molecule has 1 aromatic rings. The summed E-state index contributed by atoms with van der Waals surface area (Å²) in [6.45, 7) is 5.55. The van der Waals surface area contributed by atoms with Gasteiger partial charge in [-0.3, -0.25) is 4.90 Å².